The predicted octanol–water partition coefficient (Wildman–Crippen LogP) is 4.66. The minimum atomic E-state index is -4.33. The van der Waals surface area contributed by atoms with Gasteiger partial charge in [0.15, 0.2) is 0 Å². The van der Waals surface area contributed by atoms with Gasteiger partial charge in [0, 0.05) is 0 Å². The number of rotatable bonds is 1. The molecule has 0 bridgehead atoms. The molecular formula is C16H21F3O. The fraction of sp³-hybridized carbons (Fsp3) is 0.625. The molecule has 0 aliphatic heterocycles. The molecule has 0 radical (unpaired) electrons. The molecule has 1 saturated carbocycles. The third-order valence-electron chi connectivity index (χ3n) is 4.61. The van der Waals surface area contributed by atoms with Crippen LogP contribution in [0, 0.1) is 18.8 Å². The molecule has 0 spiro atoms. The molecule has 3 unspecified atom stereocenters. The van der Waals surface area contributed by atoms with Crippen molar-refractivity contribution < 1.29 is 18.3 Å². The molecular weight excluding hydrogens is 265 g/mol. The van der Waals surface area contributed by atoms with E-state index in [-0.39, 0.29) is 5.92 Å². The van der Waals surface area contributed by atoms with Crippen LogP contribution in [0.4, 0.5) is 13.2 Å². The second-order valence-corrected chi connectivity index (χ2v) is 6.23. The van der Waals surface area contributed by atoms with Crippen LogP contribution in [0.3, 0.4) is 0 Å². The SMILES string of the molecule is Cc1cc(C(F)(F)F)ccc1C1(O)CCC(C)CC1C. The van der Waals surface area contributed by atoms with Crippen LogP contribution in [0.1, 0.15) is 49.8 Å². The van der Waals surface area contributed by atoms with Gasteiger partial charge >= 0.3 is 6.18 Å². The summed E-state index contributed by atoms with van der Waals surface area (Å²) < 4.78 is 38.1. The van der Waals surface area contributed by atoms with Crippen LogP contribution in [0.2, 0.25) is 0 Å². The lowest BCUT2D eigenvalue weighted by Gasteiger charge is -2.42. The molecule has 1 aliphatic carbocycles. The van der Waals surface area contributed by atoms with E-state index in [0.29, 0.717) is 23.5 Å². The van der Waals surface area contributed by atoms with E-state index >= 15 is 0 Å². The minimum Gasteiger partial charge on any atom is -0.385 e. The van der Waals surface area contributed by atoms with E-state index in [1.165, 1.54) is 6.07 Å². The van der Waals surface area contributed by atoms with Crippen LogP contribution in [-0.2, 0) is 11.8 Å². The molecule has 0 amide bonds. The predicted molar refractivity (Wildman–Crippen MR) is 72.3 cm³/mol. The summed E-state index contributed by atoms with van der Waals surface area (Å²) in [6.07, 6.45) is -1.92. The molecule has 0 heterocycles. The number of hydrogen-bond donors (Lipinski definition) is 1. The molecule has 0 saturated heterocycles. The van der Waals surface area contributed by atoms with E-state index in [2.05, 4.69) is 6.92 Å². The molecule has 4 heteroatoms. The molecule has 1 N–H and O–H groups in total. The van der Waals surface area contributed by atoms with Crippen molar-refractivity contribution in [3.05, 3.63) is 34.9 Å². The summed E-state index contributed by atoms with van der Waals surface area (Å²) >= 11 is 0. The first-order chi connectivity index (χ1) is 9.14. The molecule has 1 aliphatic rings. The monoisotopic (exact) mass is 286 g/mol. The zero-order valence-corrected chi connectivity index (χ0v) is 12.1. The molecule has 0 aromatic heterocycles. The lowest BCUT2D eigenvalue weighted by atomic mass is 9.68. The Morgan fingerprint density at radius 3 is 2.40 bits per heavy atom. The first-order valence-corrected chi connectivity index (χ1v) is 7.05. The first-order valence-electron chi connectivity index (χ1n) is 7.05. The highest BCUT2D eigenvalue weighted by atomic mass is 19.4. The maximum absolute atomic E-state index is 12.7. The van der Waals surface area contributed by atoms with Crippen molar-refractivity contribution >= 4 is 0 Å². The lowest BCUT2D eigenvalue weighted by molar-refractivity contribution is -0.137. The zero-order valence-electron chi connectivity index (χ0n) is 12.1. The Balaban J connectivity index is 2.38. The van der Waals surface area contributed by atoms with E-state index in [1.54, 1.807) is 6.92 Å². The summed E-state index contributed by atoms with van der Waals surface area (Å²) in [4.78, 5) is 0. The van der Waals surface area contributed by atoms with Crippen LogP contribution in [0.15, 0.2) is 18.2 Å². The second kappa shape index (κ2) is 5.06. The Morgan fingerprint density at radius 1 is 1.25 bits per heavy atom. The van der Waals surface area contributed by atoms with Gasteiger partial charge in [-0.15, -0.1) is 0 Å². The highest BCUT2D eigenvalue weighted by Crippen LogP contribution is 2.45. The van der Waals surface area contributed by atoms with E-state index < -0.39 is 17.3 Å². The molecule has 3 atom stereocenters. The minimum absolute atomic E-state index is 0.0571. The number of benzene rings is 1. The summed E-state index contributed by atoms with van der Waals surface area (Å²) in [5.41, 5.74) is -0.492. The van der Waals surface area contributed by atoms with E-state index in [4.69, 9.17) is 0 Å². The van der Waals surface area contributed by atoms with Crippen LogP contribution >= 0.6 is 0 Å². The van der Waals surface area contributed by atoms with Crippen LogP contribution in [0.25, 0.3) is 0 Å². The van der Waals surface area contributed by atoms with Crippen molar-refractivity contribution in [1.82, 2.24) is 0 Å². The highest BCUT2D eigenvalue weighted by Gasteiger charge is 2.41. The molecule has 1 nitrogen and oxygen atoms in total. The van der Waals surface area contributed by atoms with E-state index in [0.717, 1.165) is 25.0 Å². The first kappa shape index (κ1) is 15.4. The summed E-state index contributed by atoms with van der Waals surface area (Å²) in [6.45, 7) is 5.77. The molecule has 1 aromatic carbocycles. The van der Waals surface area contributed by atoms with Crippen molar-refractivity contribution in [1.29, 1.82) is 0 Å². The highest BCUT2D eigenvalue weighted by molar-refractivity contribution is 5.37. The van der Waals surface area contributed by atoms with E-state index in [1.807, 2.05) is 6.92 Å². The third-order valence-corrected chi connectivity index (χ3v) is 4.61. The Hall–Kier alpha value is -1.03. The smallest absolute Gasteiger partial charge is 0.385 e. The Kier molecular flexibility index (Phi) is 3.89. The maximum atomic E-state index is 12.7. The standard InChI is InChI=1S/C16H21F3O/c1-10-6-7-15(20,12(3)8-10)14-5-4-13(9-11(14)2)16(17,18)19/h4-5,9-10,12,20H,6-8H2,1-3H3. The average molecular weight is 286 g/mol. The van der Waals surface area contributed by atoms with E-state index in [9.17, 15) is 18.3 Å². The normalized spacial score (nSPS) is 31.4. The van der Waals surface area contributed by atoms with Crippen molar-refractivity contribution in [2.45, 2.75) is 51.8 Å². The van der Waals surface area contributed by atoms with Gasteiger partial charge in [0.05, 0.1) is 11.2 Å². The van der Waals surface area contributed by atoms with Gasteiger partial charge in [-0.1, -0.05) is 19.9 Å². The van der Waals surface area contributed by atoms with Crippen LogP contribution in [0.5, 0.6) is 0 Å². The topological polar surface area (TPSA) is 20.2 Å². The van der Waals surface area contributed by atoms with Crippen LogP contribution < -0.4 is 0 Å². The van der Waals surface area contributed by atoms with Gasteiger partial charge < -0.3 is 5.11 Å². The number of halogens is 3. The second-order valence-electron chi connectivity index (χ2n) is 6.23. The maximum Gasteiger partial charge on any atom is 0.416 e. The number of aryl methyl sites for hydroxylation is 1. The third kappa shape index (κ3) is 2.71. The average Bonchev–Trinajstić information content (AvgIpc) is 2.33. The summed E-state index contributed by atoms with van der Waals surface area (Å²) in [5.74, 6) is 0.613. The van der Waals surface area contributed by atoms with Crippen molar-refractivity contribution in [3.8, 4) is 0 Å². The molecule has 1 fully saturated rings. The Bertz CT molecular complexity index is 495. The summed E-state index contributed by atoms with van der Waals surface area (Å²) in [7, 11) is 0. The van der Waals surface area contributed by atoms with Gasteiger partial charge in [0.2, 0.25) is 0 Å². The number of alkyl halides is 3. The van der Waals surface area contributed by atoms with Gasteiger partial charge in [0.1, 0.15) is 0 Å². The van der Waals surface area contributed by atoms with Gasteiger partial charge in [-0.3, -0.25) is 0 Å². The summed E-state index contributed by atoms with van der Waals surface area (Å²) in [5, 5.41) is 10.9. The Morgan fingerprint density at radius 2 is 1.90 bits per heavy atom. The largest absolute Gasteiger partial charge is 0.416 e. The van der Waals surface area contributed by atoms with Gasteiger partial charge in [-0.2, -0.15) is 13.2 Å². The van der Waals surface area contributed by atoms with Crippen molar-refractivity contribution in [2.75, 3.05) is 0 Å². The van der Waals surface area contributed by atoms with Gasteiger partial charge in [0.25, 0.3) is 0 Å². The molecule has 20 heavy (non-hydrogen) atoms. The van der Waals surface area contributed by atoms with Crippen LogP contribution in [-0.4, -0.2) is 5.11 Å². The number of aliphatic hydroxyl groups is 1. The lowest BCUT2D eigenvalue weighted by Crippen LogP contribution is -2.39. The fourth-order valence-corrected chi connectivity index (χ4v) is 3.36. The van der Waals surface area contributed by atoms with Crippen molar-refractivity contribution in [3.63, 3.8) is 0 Å². The van der Waals surface area contributed by atoms with Gasteiger partial charge in [-0.25, -0.2) is 0 Å². The molecule has 2 rings (SSSR count). The number of hydrogen-bond acceptors (Lipinski definition) is 1. The fourth-order valence-electron chi connectivity index (χ4n) is 3.36. The summed E-state index contributed by atoms with van der Waals surface area (Å²) in [6, 6.07) is 3.66. The van der Waals surface area contributed by atoms with Crippen molar-refractivity contribution in [2.24, 2.45) is 11.8 Å². The molecule has 112 valence electrons. The Labute approximate surface area is 117 Å². The quantitative estimate of drug-likeness (QED) is 0.796. The molecule has 1 aromatic rings. The van der Waals surface area contributed by atoms with Gasteiger partial charge in [-0.05, 0) is 61.3 Å². The zero-order chi connectivity index (χ0) is 15.1.